The molecule has 64 heavy (non-hydrogen) atoms. The Morgan fingerprint density at radius 2 is 0.875 bits per heavy atom. The minimum Gasteiger partial charge on any atom is -0.493 e. The Morgan fingerprint density at radius 1 is 0.531 bits per heavy atom. The largest absolute Gasteiger partial charge is 0.519 e. The van der Waals surface area contributed by atoms with Gasteiger partial charge in [0.25, 0.3) is 0 Å². The van der Waals surface area contributed by atoms with Gasteiger partial charge in [-0.05, 0) is 92.4 Å². The molecule has 2 aliphatic heterocycles. The number of hydrogen-bond acceptors (Lipinski definition) is 13. The van der Waals surface area contributed by atoms with Gasteiger partial charge in [-0.3, -0.25) is 0 Å². The van der Waals surface area contributed by atoms with E-state index in [1.807, 2.05) is 41.5 Å². The molecular formula is C51H44N2O11. The maximum absolute atomic E-state index is 14.5. The highest BCUT2D eigenvalue weighted by atomic mass is 16.7. The van der Waals surface area contributed by atoms with Crippen LogP contribution in [0, 0.1) is 22.7 Å². The van der Waals surface area contributed by atoms with Crippen molar-refractivity contribution in [2.45, 2.75) is 65.6 Å². The molecule has 0 amide bonds. The summed E-state index contributed by atoms with van der Waals surface area (Å²) >= 11 is 0. The Hall–Kier alpha value is -7.77. The highest BCUT2D eigenvalue weighted by Crippen LogP contribution is 2.52. The molecule has 6 aromatic carbocycles. The maximum Gasteiger partial charge on any atom is 0.519 e. The normalized spacial score (nSPS) is 13.1. The van der Waals surface area contributed by atoms with Crippen LogP contribution in [0.4, 0.5) is 4.79 Å². The van der Waals surface area contributed by atoms with Gasteiger partial charge in [-0.15, -0.1) is 0 Å². The Labute approximate surface area is 369 Å². The molecule has 0 saturated heterocycles. The molecule has 13 heteroatoms. The molecule has 0 aromatic heterocycles. The first-order valence-electron chi connectivity index (χ1n) is 20.3. The van der Waals surface area contributed by atoms with E-state index in [1.165, 1.54) is 28.4 Å². The third kappa shape index (κ3) is 6.99. The molecule has 6 aromatic rings. The van der Waals surface area contributed by atoms with Gasteiger partial charge in [0.1, 0.15) is 24.7 Å². The SMILES string of the molecule is COc1cc2c(OC(=O)Oc3c4c(c(-c5ccc(C#N)cc5C(C)(C)C)c5cc(OC)c(OC)cc35)C(=O)OC4)c3c(c(-c4ccc(C#N)cc4C(C)(C)C)c2cc1OC)C(=O)OC3. The summed E-state index contributed by atoms with van der Waals surface area (Å²) in [5, 5.41) is 21.4. The molecule has 8 rings (SSSR count). The number of rotatable bonds is 8. The molecule has 0 aliphatic carbocycles. The topological polar surface area (TPSA) is 173 Å². The molecule has 0 saturated carbocycles. The zero-order chi connectivity index (χ0) is 46.0. The van der Waals surface area contributed by atoms with Crippen molar-refractivity contribution in [3.63, 3.8) is 0 Å². The number of carbonyl (C=O) groups is 3. The van der Waals surface area contributed by atoms with Crippen molar-refractivity contribution < 1.29 is 52.3 Å². The quantitative estimate of drug-likeness (QED) is 0.105. The van der Waals surface area contributed by atoms with Gasteiger partial charge in [0, 0.05) is 33.0 Å². The van der Waals surface area contributed by atoms with Gasteiger partial charge in [0.2, 0.25) is 0 Å². The van der Waals surface area contributed by atoms with Crippen molar-refractivity contribution in [2.24, 2.45) is 0 Å². The lowest BCUT2D eigenvalue weighted by Gasteiger charge is -2.26. The summed E-state index contributed by atoms with van der Waals surface area (Å²) in [6.45, 7) is 11.6. The summed E-state index contributed by atoms with van der Waals surface area (Å²) in [5.41, 5.74) is 4.75. The van der Waals surface area contributed by atoms with E-state index >= 15 is 0 Å². The van der Waals surface area contributed by atoms with Gasteiger partial charge in [-0.25, -0.2) is 14.4 Å². The highest BCUT2D eigenvalue weighted by molar-refractivity contribution is 6.16. The van der Waals surface area contributed by atoms with Gasteiger partial charge >= 0.3 is 18.1 Å². The predicted molar refractivity (Wildman–Crippen MR) is 237 cm³/mol. The summed E-state index contributed by atoms with van der Waals surface area (Å²) in [6, 6.07) is 21.7. The summed E-state index contributed by atoms with van der Waals surface area (Å²) in [5.74, 6) is -0.0101. The number of nitrogens with zero attached hydrogens (tertiary/aromatic N) is 2. The molecule has 2 heterocycles. The first kappa shape index (κ1) is 42.9. The smallest absolute Gasteiger partial charge is 0.493 e. The number of ether oxygens (including phenoxy) is 8. The van der Waals surface area contributed by atoms with Crippen molar-refractivity contribution in [1.82, 2.24) is 0 Å². The molecule has 0 atom stereocenters. The molecule has 0 fully saturated rings. The lowest BCUT2D eigenvalue weighted by molar-refractivity contribution is 0.0526. The van der Waals surface area contributed by atoms with Crippen LogP contribution in [0.5, 0.6) is 34.5 Å². The second-order valence-electron chi connectivity index (χ2n) is 17.5. The van der Waals surface area contributed by atoms with Crippen molar-refractivity contribution in [3.05, 3.63) is 105 Å². The summed E-state index contributed by atoms with van der Waals surface area (Å²) < 4.78 is 46.7. The predicted octanol–water partition coefficient (Wildman–Crippen LogP) is 10.6. The van der Waals surface area contributed by atoms with E-state index in [2.05, 4.69) is 12.1 Å². The van der Waals surface area contributed by atoms with E-state index < -0.39 is 28.9 Å². The highest BCUT2D eigenvalue weighted by Gasteiger charge is 2.38. The first-order valence-corrected chi connectivity index (χ1v) is 20.3. The standard InChI is InChI=1S/C51H44N2O11/c1-50(2,3)35-15-25(21-52)11-13-27(35)41-29-17-37(57-7)39(59-9)19-31(29)45(33-23-61-47(54)43(33)41)63-49(56)64-46-32-20-40(60-10)38(58-8)18-30(32)42(44-34(46)24-62-48(44)55)28-14-12-26(22-53)16-36(28)51(4,5)6/h11-20H,23-24H2,1-10H3. The van der Waals surface area contributed by atoms with Crippen molar-refractivity contribution in [1.29, 1.82) is 10.5 Å². The minimum atomic E-state index is -1.20. The molecular weight excluding hydrogens is 817 g/mol. The zero-order valence-corrected chi connectivity index (χ0v) is 37.1. The monoisotopic (exact) mass is 860 g/mol. The van der Waals surface area contributed by atoms with E-state index in [0.717, 1.165) is 11.1 Å². The number of benzene rings is 6. The Bertz CT molecular complexity index is 2900. The number of esters is 2. The fourth-order valence-electron chi connectivity index (χ4n) is 8.70. The number of fused-ring (bicyclic) bond motifs is 4. The summed E-state index contributed by atoms with van der Waals surface area (Å²) in [4.78, 5) is 42.3. The van der Waals surface area contributed by atoms with Crippen LogP contribution >= 0.6 is 0 Å². The minimum absolute atomic E-state index is 0.0203. The van der Waals surface area contributed by atoms with Crippen LogP contribution in [-0.2, 0) is 33.5 Å². The lowest BCUT2D eigenvalue weighted by atomic mass is 9.78. The average molecular weight is 861 g/mol. The first-order chi connectivity index (χ1) is 30.5. The Kier molecular flexibility index (Phi) is 10.6. The Morgan fingerprint density at radius 3 is 1.19 bits per heavy atom. The van der Waals surface area contributed by atoms with Crippen LogP contribution in [0.3, 0.4) is 0 Å². The van der Waals surface area contributed by atoms with E-state index in [9.17, 15) is 24.9 Å². The summed E-state index contributed by atoms with van der Waals surface area (Å²) in [6.07, 6.45) is -1.20. The van der Waals surface area contributed by atoms with Crippen LogP contribution in [0.2, 0.25) is 0 Å². The average Bonchev–Trinajstić information content (AvgIpc) is 3.86. The van der Waals surface area contributed by atoms with E-state index in [0.29, 0.717) is 77.9 Å². The number of nitriles is 2. The van der Waals surface area contributed by atoms with Gasteiger partial charge in [0.15, 0.2) is 23.0 Å². The third-order valence-corrected chi connectivity index (χ3v) is 11.7. The van der Waals surface area contributed by atoms with Gasteiger partial charge in [-0.2, -0.15) is 10.5 Å². The maximum atomic E-state index is 14.5. The number of methoxy groups -OCH3 is 4. The van der Waals surface area contributed by atoms with Gasteiger partial charge in [-0.1, -0.05) is 53.7 Å². The lowest BCUT2D eigenvalue weighted by Crippen LogP contribution is -2.18. The van der Waals surface area contributed by atoms with Crippen molar-refractivity contribution in [3.8, 4) is 68.9 Å². The van der Waals surface area contributed by atoms with Gasteiger partial charge in [0.05, 0.1) is 62.8 Å². The molecule has 13 nitrogen and oxygen atoms in total. The zero-order valence-electron chi connectivity index (χ0n) is 37.1. The fourth-order valence-corrected chi connectivity index (χ4v) is 8.70. The van der Waals surface area contributed by atoms with Crippen molar-refractivity contribution in [2.75, 3.05) is 28.4 Å². The second-order valence-corrected chi connectivity index (χ2v) is 17.5. The Balaban J connectivity index is 1.37. The van der Waals surface area contributed by atoms with Crippen LogP contribution in [0.1, 0.15) is 95.6 Å². The van der Waals surface area contributed by atoms with Gasteiger partial charge < -0.3 is 37.9 Å². The number of cyclic esters (lactones) is 2. The van der Waals surface area contributed by atoms with E-state index in [4.69, 9.17) is 37.9 Å². The molecule has 0 bridgehead atoms. The molecule has 2 aliphatic rings. The summed E-state index contributed by atoms with van der Waals surface area (Å²) in [7, 11) is 5.92. The molecule has 0 unspecified atom stereocenters. The molecule has 0 spiro atoms. The fraction of sp³-hybridized carbons (Fsp3) is 0.275. The van der Waals surface area contributed by atoms with Crippen LogP contribution in [-0.4, -0.2) is 46.5 Å². The number of carbonyl (C=O) groups excluding carboxylic acids is 3. The van der Waals surface area contributed by atoms with Crippen LogP contribution in [0.25, 0.3) is 43.8 Å². The van der Waals surface area contributed by atoms with E-state index in [1.54, 1.807) is 60.7 Å². The molecule has 0 N–H and O–H groups in total. The van der Waals surface area contributed by atoms with Crippen LogP contribution in [0.15, 0.2) is 60.7 Å². The number of hydrogen-bond donors (Lipinski definition) is 0. The second kappa shape index (κ2) is 15.9. The third-order valence-electron chi connectivity index (χ3n) is 11.7. The van der Waals surface area contributed by atoms with E-state index in [-0.39, 0.29) is 47.0 Å². The molecule has 324 valence electrons. The van der Waals surface area contributed by atoms with Crippen molar-refractivity contribution >= 4 is 39.6 Å². The molecule has 0 radical (unpaired) electrons. The van der Waals surface area contributed by atoms with Crippen LogP contribution < -0.4 is 28.4 Å².